The van der Waals surface area contributed by atoms with Gasteiger partial charge in [-0.25, -0.2) is 0 Å². The molecular formula is C12H24O4. The molecule has 0 atom stereocenters. The van der Waals surface area contributed by atoms with Gasteiger partial charge >= 0.3 is 11.9 Å². The molecule has 0 saturated carbocycles. The van der Waals surface area contributed by atoms with Gasteiger partial charge in [0.25, 0.3) is 0 Å². The van der Waals surface area contributed by atoms with E-state index in [0.717, 1.165) is 6.42 Å². The maximum Gasteiger partial charge on any atom is 0.305 e. The second-order valence-corrected chi connectivity index (χ2v) is 3.47. The summed E-state index contributed by atoms with van der Waals surface area (Å²) in [7, 11) is 0. The molecule has 0 aliphatic rings. The van der Waals surface area contributed by atoms with Gasteiger partial charge < -0.3 is 9.47 Å². The predicted octanol–water partition coefficient (Wildman–Crippen LogP) is 2.70. The van der Waals surface area contributed by atoms with Crippen LogP contribution in [-0.4, -0.2) is 24.6 Å². The van der Waals surface area contributed by atoms with Crippen molar-refractivity contribution in [1.29, 1.82) is 0 Å². The molecule has 4 heteroatoms. The third-order valence-electron chi connectivity index (χ3n) is 1.41. The summed E-state index contributed by atoms with van der Waals surface area (Å²) in [5.74, 6) is -0.230. The summed E-state index contributed by atoms with van der Waals surface area (Å²) >= 11 is 0. The topological polar surface area (TPSA) is 52.6 Å². The Labute approximate surface area is 98.3 Å². The van der Waals surface area contributed by atoms with Crippen molar-refractivity contribution in [3.05, 3.63) is 0 Å². The Morgan fingerprint density at radius 2 is 1.50 bits per heavy atom. The van der Waals surface area contributed by atoms with Gasteiger partial charge in [-0.2, -0.15) is 0 Å². The summed E-state index contributed by atoms with van der Waals surface area (Å²) in [4.78, 5) is 20.7. The van der Waals surface area contributed by atoms with Crippen LogP contribution in [0.4, 0.5) is 0 Å². The van der Waals surface area contributed by atoms with E-state index >= 15 is 0 Å². The molecule has 0 aliphatic heterocycles. The first-order valence-electron chi connectivity index (χ1n) is 5.82. The van der Waals surface area contributed by atoms with Crippen LogP contribution in [0.1, 0.15) is 53.9 Å². The zero-order valence-electron chi connectivity index (χ0n) is 11.0. The van der Waals surface area contributed by atoms with Crippen molar-refractivity contribution in [1.82, 2.24) is 0 Å². The monoisotopic (exact) mass is 232 g/mol. The van der Waals surface area contributed by atoms with E-state index in [2.05, 4.69) is 0 Å². The Hall–Kier alpha value is -1.06. The Morgan fingerprint density at radius 1 is 1.00 bits per heavy atom. The van der Waals surface area contributed by atoms with Crippen molar-refractivity contribution in [3.8, 4) is 0 Å². The normalized spacial score (nSPS) is 9.12. The Kier molecular flexibility index (Phi) is 13.0. The molecule has 0 N–H and O–H groups in total. The second-order valence-electron chi connectivity index (χ2n) is 3.47. The molecule has 0 aromatic heterocycles. The van der Waals surface area contributed by atoms with Gasteiger partial charge in [0, 0.05) is 12.8 Å². The van der Waals surface area contributed by atoms with E-state index in [1.165, 1.54) is 0 Å². The maximum atomic E-state index is 10.4. The van der Waals surface area contributed by atoms with Gasteiger partial charge in [-0.3, -0.25) is 9.59 Å². The molecule has 0 aliphatic carbocycles. The predicted molar refractivity (Wildman–Crippen MR) is 63.1 cm³/mol. The number of esters is 2. The molecule has 0 fully saturated rings. The summed E-state index contributed by atoms with van der Waals surface area (Å²) in [5, 5.41) is 0. The van der Waals surface area contributed by atoms with Gasteiger partial charge in [-0.05, 0) is 20.3 Å². The molecule has 0 bridgehead atoms. The van der Waals surface area contributed by atoms with Gasteiger partial charge in [0.1, 0.15) is 0 Å². The van der Waals surface area contributed by atoms with Crippen LogP contribution in [0.3, 0.4) is 0 Å². The van der Waals surface area contributed by atoms with Crippen LogP contribution in [0.2, 0.25) is 0 Å². The van der Waals surface area contributed by atoms with Crippen molar-refractivity contribution in [2.75, 3.05) is 6.61 Å². The van der Waals surface area contributed by atoms with Crippen LogP contribution >= 0.6 is 0 Å². The molecule has 0 aromatic rings. The summed E-state index contributed by atoms with van der Waals surface area (Å²) in [6.45, 7) is 9.79. The minimum absolute atomic E-state index is 0.0300. The molecule has 0 aromatic carbocycles. The molecule has 0 unspecified atom stereocenters. The molecule has 0 spiro atoms. The molecule has 0 heterocycles. The summed E-state index contributed by atoms with van der Waals surface area (Å²) in [5.41, 5.74) is 0. The standard InChI is InChI=1S/2C6H12O2/c1-4-6(7)8-5(2)3;1-3-5-8-6(7)4-2/h5H,4H2,1-3H3;3-5H2,1-2H3. The number of carbonyl (C=O) groups is 2. The van der Waals surface area contributed by atoms with Gasteiger partial charge in [-0.1, -0.05) is 20.8 Å². The minimum Gasteiger partial charge on any atom is -0.466 e. The van der Waals surface area contributed by atoms with E-state index in [-0.39, 0.29) is 18.0 Å². The highest BCUT2D eigenvalue weighted by atomic mass is 16.5. The Morgan fingerprint density at radius 3 is 1.75 bits per heavy atom. The summed E-state index contributed by atoms with van der Waals surface area (Å²) in [6.07, 6.45) is 1.90. The zero-order chi connectivity index (χ0) is 13.0. The minimum atomic E-state index is -0.125. The Balaban J connectivity index is 0. The van der Waals surface area contributed by atoms with Gasteiger partial charge in [0.15, 0.2) is 0 Å². The highest BCUT2D eigenvalue weighted by Crippen LogP contribution is 1.90. The van der Waals surface area contributed by atoms with Crippen molar-refractivity contribution in [2.24, 2.45) is 0 Å². The lowest BCUT2D eigenvalue weighted by atomic mass is 10.4. The highest BCUT2D eigenvalue weighted by molar-refractivity contribution is 5.69. The smallest absolute Gasteiger partial charge is 0.305 e. The van der Waals surface area contributed by atoms with E-state index in [0.29, 0.717) is 19.4 Å². The average molecular weight is 232 g/mol. The van der Waals surface area contributed by atoms with Crippen LogP contribution in [0.15, 0.2) is 0 Å². The first-order chi connectivity index (χ1) is 7.47. The van der Waals surface area contributed by atoms with Crippen LogP contribution in [0.25, 0.3) is 0 Å². The second kappa shape index (κ2) is 12.0. The van der Waals surface area contributed by atoms with E-state index in [1.807, 2.05) is 20.8 Å². The molecule has 96 valence electrons. The average Bonchev–Trinajstić information content (AvgIpc) is 2.25. The number of ether oxygens (including phenoxy) is 2. The fourth-order valence-electron chi connectivity index (χ4n) is 0.664. The number of hydrogen-bond donors (Lipinski definition) is 0. The lowest BCUT2D eigenvalue weighted by molar-refractivity contribution is -0.147. The first kappa shape index (κ1) is 17.3. The molecule has 0 rings (SSSR count). The molecule has 0 saturated heterocycles. The van der Waals surface area contributed by atoms with Crippen molar-refractivity contribution in [2.45, 2.75) is 60.0 Å². The largest absolute Gasteiger partial charge is 0.466 e. The summed E-state index contributed by atoms with van der Waals surface area (Å²) in [6, 6.07) is 0. The molecule has 16 heavy (non-hydrogen) atoms. The lowest BCUT2D eigenvalue weighted by Crippen LogP contribution is -2.09. The van der Waals surface area contributed by atoms with Crippen LogP contribution in [0.5, 0.6) is 0 Å². The molecular weight excluding hydrogens is 208 g/mol. The number of hydrogen-bond acceptors (Lipinski definition) is 4. The van der Waals surface area contributed by atoms with E-state index < -0.39 is 0 Å². The molecule has 0 amide bonds. The fraction of sp³-hybridized carbons (Fsp3) is 0.833. The van der Waals surface area contributed by atoms with E-state index in [9.17, 15) is 9.59 Å². The van der Waals surface area contributed by atoms with Crippen LogP contribution < -0.4 is 0 Å². The fourth-order valence-corrected chi connectivity index (χ4v) is 0.664. The Bertz CT molecular complexity index is 187. The third-order valence-corrected chi connectivity index (χ3v) is 1.41. The van der Waals surface area contributed by atoms with Crippen molar-refractivity contribution >= 4 is 11.9 Å². The van der Waals surface area contributed by atoms with E-state index in [4.69, 9.17) is 9.47 Å². The van der Waals surface area contributed by atoms with Gasteiger partial charge in [-0.15, -0.1) is 0 Å². The van der Waals surface area contributed by atoms with Crippen molar-refractivity contribution in [3.63, 3.8) is 0 Å². The highest BCUT2D eigenvalue weighted by Gasteiger charge is 1.98. The van der Waals surface area contributed by atoms with Gasteiger partial charge in [0.05, 0.1) is 12.7 Å². The lowest BCUT2D eigenvalue weighted by Gasteiger charge is -2.04. The first-order valence-corrected chi connectivity index (χ1v) is 5.82. The van der Waals surface area contributed by atoms with Crippen LogP contribution in [-0.2, 0) is 19.1 Å². The number of carbonyl (C=O) groups excluding carboxylic acids is 2. The third kappa shape index (κ3) is 15.4. The SMILES string of the molecule is CCC(=O)OC(C)C.CCCOC(=O)CC. The number of rotatable bonds is 5. The van der Waals surface area contributed by atoms with E-state index in [1.54, 1.807) is 13.8 Å². The zero-order valence-corrected chi connectivity index (χ0v) is 11.0. The summed E-state index contributed by atoms with van der Waals surface area (Å²) < 4.78 is 9.46. The quantitative estimate of drug-likeness (QED) is 0.684. The molecule has 0 radical (unpaired) electrons. The van der Waals surface area contributed by atoms with Crippen molar-refractivity contribution < 1.29 is 19.1 Å². The van der Waals surface area contributed by atoms with Gasteiger partial charge in [0.2, 0.25) is 0 Å². The maximum absolute atomic E-state index is 10.4. The van der Waals surface area contributed by atoms with Crippen LogP contribution in [0, 0.1) is 0 Å². The molecule has 4 nitrogen and oxygen atoms in total.